The van der Waals surface area contributed by atoms with E-state index in [0.29, 0.717) is 0 Å². The second kappa shape index (κ2) is 11.4. The molecule has 0 aliphatic heterocycles. The number of benzene rings is 1. The third kappa shape index (κ3) is 27.3. The molecular formula is C10H20N2O8S2. The van der Waals surface area contributed by atoms with Crippen LogP contribution in [0.2, 0.25) is 0 Å². The van der Waals surface area contributed by atoms with Crippen molar-refractivity contribution >= 4 is 20.8 Å². The summed E-state index contributed by atoms with van der Waals surface area (Å²) in [5.74, 6) is 0. The quantitative estimate of drug-likeness (QED) is 0.376. The predicted molar refractivity (Wildman–Crippen MR) is 80.3 cm³/mol. The van der Waals surface area contributed by atoms with Crippen LogP contribution in [0.5, 0.6) is 0 Å². The van der Waals surface area contributed by atoms with Crippen molar-refractivity contribution in [1.29, 1.82) is 0 Å². The molecule has 0 fully saturated rings. The zero-order chi connectivity index (χ0) is 17.8. The lowest BCUT2D eigenvalue weighted by Crippen LogP contribution is -2.04. The van der Waals surface area contributed by atoms with Crippen molar-refractivity contribution in [3.05, 3.63) is 35.4 Å². The van der Waals surface area contributed by atoms with Crippen LogP contribution in [0.25, 0.3) is 0 Å². The minimum absolute atomic E-state index is 0.718. The maximum Gasteiger partial charge on any atom is 0.394 e. The molecule has 0 heterocycles. The highest BCUT2D eigenvalue weighted by atomic mass is 32.3. The highest BCUT2D eigenvalue weighted by Gasteiger charge is 1.92. The van der Waals surface area contributed by atoms with Crippen molar-refractivity contribution in [1.82, 2.24) is 0 Å². The molecule has 1 aromatic carbocycles. The van der Waals surface area contributed by atoms with Crippen LogP contribution in [0.1, 0.15) is 11.1 Å². The SMILES string of the molecule is NCCc1ccc(CCN)cc1.O=S(=O)(O)O.O=S(=O)(O)O. The smallest absolute Gasteiger partial charge is 0.330 e. The van der Waals surface area contributed by atoms with Gasteiger partial charge in [-0.25, -0.2) is 0 Å². The van der Waals surface area contributed by atoms with Crippen LogP contribution in [0.3, 0.4) is 0 Å². The fourth-order valence-corrected chi connectivity index (χ4v) is 1.21. The average Bonchev–Trinajstić information content (AvgIpc) is 2.28. The Morgan fingerprint density at radius 2 is 0.864 bits per heavy atom. The minimum atomic E-state index is -4.67. The Kier molecular flexibility index (Phi) is 12.0. The summed E-state index contributed by atoms with van der Waals surface area (Å²) in [6.07, 6.45) is 1.92. The molecule has 0 radical (unpaired) electrons. The molecule has 130 valence electrons. The average molecular weight is 360 g/mol. The van der Waals surface area contributed by atoms with Crippen molar-refractivity contribution < 1.29 is 35.0 Å². The first-order chi connectivity index (χ1) is 9.86. The van der Waals surface area contributed by atoms with E-state index < -0.39 is 20.8 Å². The van der Waals surface area contributed by atoms with E-state index in [2.05, 4.69) is 24.3 Å². The summed E-state index contributed by atoms with van der Waals surface area (Å²) in [6.45, 7) is 1.44. The molecule has 0 amide bonds. The number of nitrogens with two attached hydrogens (primary N) is 2. The Balaban J connectivity index is 0. The predicted octanol–water partition coefficient (Wildman–Crippen LogP) is -0.617. The summed E-state index contributed by atoms with van der Waals surface area (Å²) in [5, 5.41) is 0. The van der Waals surface area contributed by atoms with Crippen molar-refractivity contribution in [2.45, 2.75) is 12.8 Å². The molecule has 10 nitrogen and oxygen atoms in total. The maximum atomic E-state index is 8.74. The summed E-state index contributed by atoms with van der Waals surface area (Å²) >= 11 is 0. The third-order valence-corrected chi connectivity index (χ3v) is 1.89. The van der Waals surface area contributed by atoms with Crippen molar-refractivity contribution in [2.75, 3.05) is 13.1 Å². The highest BCUT2D eigenvalue weighted by molar-refractivity contribution is 7.80. The topological polar surface area (TPSA) is 201 Å². The lowest BCUT2D eigenvalue weighted by Gasteiger charge is -2.01. The van der Waals surface area contributed by atoms with Gasteiger partial charge in [-0.3, -0.25) is 18.2 Å². The number of hydrogen-bond donors (Lipinski definition) is 6. The lowest BCUT2D eigenvalue weighted by molar-refractivity contribution is 0.378. The largest absolute Gasteiger partial charge is 0.394 e. The van der Waals surface area contributed by atoms with Crippen LogP contribution in [0.4, 0.5) is 0 Å². The molecule has 22 heavy (non-hydrogen) atoms. The van der Waals surface area contributed by atoms with Gasteiger partial charge in [0.15, 0.2) is 0 Å². The van der Waals surface area contributed by atoms with E-state index in [1.807, 2.05) is 0 Å². The molecule has 8 N–H and O–H groups in total. The van der Waals surface area contributed by atoms with Gasteiger partial charge in [0.1, 0.15) is 0 Å². The Hall–Kier alpha value is -1.12. The fourth-order valence-electron chi connectivity index (χ4n) is 1.21. The Morgan fingerprint density at radius 1 is 0.682 bits per heavy atom. The zero-order valence-electron chi connectivity index (χ0n) is 11.5. The third-order valence-electron chi connectivity index (χ3n) is 1.89. The number of rotatable bonds is 4. The Labute approximate surface area is 129 Å². The number of hydrogen-bond acceptors (Lipinski definition) is 6. The van der Waals surface area contributed by atoms with Crippen LogP contribution in [0.15, 0.2) is 24.3 Å². The van der Waals surface area contributed by atoms with E-state index in [9.17, 15) is 0 Å². The van der Waals surface area contributed by atoms with Crippen LogP contribution in [0, 0.1) is 0 Å². The highest BCUT2D eigenvalue weighted by Crippen LogP contribution is 2.04. The van der Waals surface area contributed by atoms with Gasteiger partial charge in [0.25, 0.3) is 0 Å². The molecule has 12 heteroatoms. The van der Waals surface area contributed by atoms with Gasteiger partial charge in [-0.05, 0) is 37.1 Å². The molecule has 0 spiro atoms. The van der Waals surface area contributed by atoms with Gasteiger partial charge in [-0.15, -0.1) is 0 Å². The lowest BCUT2D eigenvalue weighted by atomic mass is 10.1. The van der Waals surface area contributed by atoms with Crippen LogP contribution in [-0.2, 0) is 33.6 Å². The zero-order valence-corrected chi connectivity index (χ0v) is 13.2. The molecule has 0 saturated heterocycles. The second-order valence-electron chi connectivity index (χ2n) is 3.79. The van der Waals surface area contributed by atoms with E-state index >= 15 is 0 Å². The van der Waals surface area contributed by atoms with Gasteiger partial charge >= 0.3 is 20.8 Å². The van der Waals surface area contributed by atoms with E-state index in [1.165, 1.54) is 11.1 Å². The molecule has 1 rings (SSSR count). The van der Waals surface area contributed by atoms with E-state index in [0.717, 1.165) is 25.9 Å². The van der Waals surface area contributed by atoms with Crippen molar-refractivity contribution in [3.63, 3.8) is 0 Å². The monoisotopic (exact) mass is 360 g/mol. The summed E-state index contributed by atoms with van der Waals surface area (Å²) in [4.78, 5) is 0. The second-order valence-corrected chi connectivity index (χ2v) is 5.58. The molecule has 0 saturated carbocycles. The van der Waals surface area contributed by atoms with Crippen LogP contribution < -0.4 is 11.5 Å². The normalized spacial score (nSPS) is 10.8. The fraction of sp³-hybridized carbons (Fsp3) is 0.400. The van der Waals surface area contributed by atoms with Crippen molar-refractivity contribution in [3.8, 4) is 0 Å². The van der Waals surface area contributed by atoms with Gasteiger partial charge in [0.2, 0.25) is 0 Å². The van der Waals surface area contributed by atoms with Crippen molar-refractivity contribution in [2.24, 2.45) is 11.5 Å². The molecule has 0 atom stereocenters. The van der Waals surface area contributed by atoms with Gasteiger partial charge < -0.3 is 11.5 Å². The van der Waals surface area contributed by atoms with E-state index in [4.69, 9.17) is 46.5 Å². The Bertz CT molecular complexity index is 527. The summed E-state index contributed by atoms with van der Waals surface area (Å²) in [5.41, 5.74) is 13.5. The van der Waals surface area contributed by atoms with Crippen LogP contribution >= 0.6 is 0 Å². The molecular weight excluding hydrogens is 340 g/mol. The summed E-state index contributed by atoms with van der Waals surface area (Å²) < 4.78 is 63.2. The van der Waals surface area contributed by atoms with Crippen LogP contribution in [-0.4, -0.2) is 48.1 Å². The van der Waals surface area contributed by atoms with Gasteiger partial charge in [-0.2, -0.15) is 16.8 Å². The molecule has 0 aromatic heterocycles. The minimum Gasteiger partial charge on any atom is -0.330 e. The standard InChI is InChI=1S/C10H16N2.2H2O4S/c11-7-5-9-1-2-10(4-3-9)6-8-12;2*1-5(2,3)4/h1-4H,5-8,11-12H2;2*(H2,1,2,3,4). The van der Waals surface area contributed by atoms with Gasteiger partial charge in [0.05, 0.1) is 0 Å². The van der Waals surface area contributed by atoms with E-state index in [1.54, 1.807) is 0 Å². The first-order valence-electron chi connectivity index (χ1n) is 5.74. The van der Waals surface area contributed by atoms with E-state index in [-0.39, 0.29) is 0 Å². The summed E-state index contributed by atoms with van der Waals surface area (Å²) in [6, 6.07) is 8.49. The molecule has 0 aliphatic carbocycles. The molecule has 0 aliphatic rings. The Morgan fingerprint density at radius 3 is 1.00 bits per heavy atom. The summed E-state index contributed by atoms with van der Waals surface area (Å²) in [7, 11) is -9.33. The van der Waals surface area contributed by atoms with Gasteiger partial charge in [0, 0.05) is 0 Å². The van der Waals surface area contributed by atoms with Gasteiger partial charge in [-0.1, -0.05) is 24.3 Å². The first kappa shape index (κ1) is 23.2. The molecule has 0 unspecified atom stereocenters. The molecule has 0 bridgehead atoms. The first-order valence-corrected chi connectivity index (χ1v) is 8.54. The maximum absolute atomic E-state index is 8.74. The molecule has 1 aromatic rings.